The Morgan fingerprint density at radius 2 is 2.06 bits per heavy atom. The normalized spacial score (nSPS) is 16.0. The molecule has 0 radical (unpaired) electrons. The van der Waals surface area contributed by atoms with E-state index in [-0.39, 0.29) is 17.9 Å². The Hall–Kier alpha value is -1.63. The zero-order valence-electron chi connectivity index (χ0n) is 9.07. The third kappa shape index (κ3) is 2.23. The minimum absolute atomic E-state index is 0.178. The van der Waals surface area contributed by atoms with Gasteiger partial charge in [0.1, 0.15) is 0 Å². The third-order valence-corrected chi connectivity index (χ3v) is 3.06. The molecular weight excluding hydrogens is 290 g/mol. The predicted molar refractivity (Wildman–Crippen MR) is 64.9 cm³/mol. The highest BCUT2D eigenvalue weighted by molar-refractivity contribution is 9.10. The molecule has 1 N–H and O–H groups in total. The molecule has 0 atom stereocenters. The number of amides is 3. The van der Waals surface area contributed by atoms with Crippen LogP contribution < -0.4 is 15.8 Å². The van der Waals surface area contributed by atoms with Crippen molar-refractivity contribution in [3.63, 3.8) is 0 Å². The number of nitrogens with zero attached hydrogens (tertiary/aromatic N) is 2. The van der Waals surface area contributed by atoms with Crippen LogP contribution in [0.15, 0.2) is 21.5 Å². The quantitative estimate of drug-likeness (QED) is 0.825. The van der Waals surface area contributed by atoms with Gasteiger partial charge in [0.05, 0.1) is 10.2 Å². The highest BCUT2D eigenvalue weighted by Gasteiger charge is 2.24. The van der Waals surface area contributed by atoms with Crippen molar-refractivity contribution in [2.75, 3.05) is 11.4 Å². The van der Waals surface area contributed by atoms with E-state index in [1.54, 1.807) is 19.3 Å². The van der Waals surface area contributed by atoms with Crippen LogP contribution in [0.2, 0.25) is 0 Å². The van der Waals surface area contributed by atoms with E-state index in [1.165, 1.54) is 9.47 Å². The Balaban J connectivity index is 2.38. The van der Waals surface area contributed by atoms with Crippen LogP contribution in [-0.4, -0.2) is 23.1 Å². The van der Waals surface area contributed by atoms with Gasteiger partial charge in [-0.25, -0.2) is 4.79 Å². The highest BCUT2D eigenvalue weighted by atomic mass is 79.9. The number of urea groups is 1. The largest absolute Gasteiger partial charge is 0.328 e. The topological polar surface area (TPSA) is 71.4 Å². The standard InChI is InChI=1S/C10H10BrN3O3/c1-13-5-6(4-7(11)9(13)16)14-3-2-8(15)12-10(14)17/h4-5H,2-3H2,1H3,(H,12,15,17). The smallest absolute Gasteiger partial charge is 0.316 e. The van der Waals surface area contributed by atoms with Crippen LogP contribution in [0.3, 0.4) is 0 Å². The molecule has 3 amide bonds. The Morgan fingerprint density at radius 3 is 2.65 bits per heavy atom. The summed E-state index contributed by atoms with van der Waals surface area (Å²) in [7, 11) is 1.60. The molecule has 0 bridgehead atoms. The molecule has 17 heavy (non-hydrogen) atoms. The summed E-state index contributed by atoms with van der Waals surface area (Å²) in [5.74, 6) is -0.282. The van der Waals surface area contributed by atoms with E-state index in [0.29, 0.717) is 16.7 Å². The number of pyridine rings is 1. The number of imide groups is 1. The van der Waals surface area contributed by atoms with Gasteiger partial charge in [-0.15, -0.1) is 0 Å². The number of aromatic nitrogens is 1. The van der Waals surface area contributed by atoms with Crippen LogP contribution in [-0.2, 0) is 11.8 Å². The van der Waals surface area contributed by atoms with Crippen molar-refractivity contribution >= 4 is 33.6 Å². The van der Waals surface area contributed by atoms with Crippen LogP contribution in [0.25, 0.3) is 0 Å². The fourth-order valence-corrected chi connectivity index (χ4v) is 2.13. The summed E-state index contributed by atoms with van der Waals surface area (Å²) >= 11 is 3.14. The van der Waals surface area contributed by atoms with Gasteiger partial charge in [-0.3, -0.25) is 19.8 Å². The molecule has 0 aromatic carbocycles. The fraction of sp³-hybridized carbons (Fsp3) is 0.300. The van der Waals surface area contributed by atoms with Gasteiger partial charge in [0.15, 0.2) is 0 Å². The lowest BCUT2D eigenvalue weighted by molar-refractivity contribution is -0.120. The number of hydrogen-bond donors (Lipinski definition) is 1. The maximum atomic E-state index is 11.6. The third-order valence-electron chi connectivity index (χ3n) is 2.49. The minimum Gasteiger partial charge on any atom is -0.316 e. The molecule has 90 valence electrons. The Bertz CT molecular complexity index is 526. The molecule has 1 aromatic heterocycles. The van der Waals surface area contributed by atoms with Crippen LogP contribution >= 0.6 is 15.9 Å². The lowest BCUT2D eigenvalue weighted by Crippen LogP contribution is -2.49. The van der Waals surface area contributed by atoms with Gasteiger partial charge in [-0.05, 0) is 22.0 Å². The average molecular weight is 300 g/mol. The number of halogens is 1. The second-order valence-electron chi connectivity index (χ2n) is 3.72. The van der Waals surface area contributed by atoms with Crippen molar-refractivity contribution in [2.24, 2.45) is 7.05 Å². The molecule has 1 aromatic rings. The Kier molecular flexibility index (Phi) is 3.01. The monoisotopic (exact) mass is 299 g/mol. The first-order valence-electron chi connectivity index (χ1n) is 4.96. The fourth-order valence-electron chi connectivity index (χ4n) is 1.61. The maximum absolute atomic E-state index is 11.6. The SMILES string of the molecule is Cn1cc(N2CCC(=O)NC2=O)cc(Br)c1=O. The molecule has 2 heterocycles. The molecule has 1 aliphatic heterocycles. The van der Waals surface area contributed by atoms with Gasteiger partial charge in [0.25, 0.3) is 5.56 Å². The molecule has 0 saturated carbocycles. The summed E-state index contributed by atoms with van der Waals surface area (Å²) in [5.41, 5.74) is 0.395. The van der Waals surface area contributed by atoms with Crippen molar-refractivity contribution in [3.05, 3.63) is 27.1 Å². The molecule has 1 saturated heterocycles. The van der Waals surface area contributed by atoms with Crippen molar-refractivity contribution in [1.29, 1.82) is 0 Å². The Labute approximate surface area is 105 Å². The second kappa shape index (κ2) is 4.33. The molecule has 2 rings (SSSR count). The molecule has 0 spiro atoms. The van der Waals surface area contributed by atoms with Crippen LogP contribution in [0, 0.1) is 0 Å². The molecular formula is C10H10BrN3O3. The molecule has 6 nitrogen and oxygen atoms in total. The van der Waals surface area contributed by atoms with Gasteiger partial charge >= 0.3 is 6.03 Å². The van der Waals surface area contributed by atoms with Crippen molar-refractivity contribution in [3.8, 4) is 0 Å². The number of carbonyl (C=O) groups is 2. The molecule has 1 aliphatic rings. The van der Waals surface area contributed by atoms with E-state index in [4.69, 9.17) is 0 Å². The number of hydrogen-bond acceptors (Lipinski definition) is 3. The Morgan fingerprint density at radius 1 is 1.35 bits per heavy atom. The average Bonchev–Trinajstić information content (AvgIpc) is 2.25. The van der Waals surface area contributed by atoms with E-state index in [0.717, 1.165) is 0 Å². The first kappa shape index (κ1) is 11.8. The van der Waals surface area contributed by atoms with Crippen molar-refractivity contribution in [1.82, 2.24) is 9.88 Å². The van der Waals surface area contributed by atoms with E-state index in [1.807, 2.05) is 0 Å². The zero-order valence-corrected chi connectivity index (χ0v) is 10.7. The number of aryl methyl sites for hydroxylation is 1. The lowest BCUT2D eigenvalue weighted by atomic mass is 10.3. The van der Waals surface area contributed by atoms with E-state index in [9.17, 15) is 14.4 Å². The molecule has 1 fully saturated rings. The summed E-state index contributed by atoms with van der Waals surface area (Å²) in [4.78, 5) is 35.5. The molecule has 0 aliphatic carbocycles. The molecule has 7 heteroatoms. The van der Waals surface area contributed by atoms with Gasteiger partial charge in [-0.1, -0.05) is 0 Å². The van der Waals surface area contributed by atoms with Crippen LogP contribution in [0.5, 0.6) is 0 Å². The van der Waals surface area contributed by atoms with Crippen molar-refractivity contribution < 1.29 is 9.59 Å². The van der Waals surface area contributed by atoms with E-state index in [2.05, 4.69) is 21.2 Å². The highest BCUT2D eigenvalue weighted by Crippen LogP contribution is 2.18. The van der Waals surface area contributed by atoms with Gasteiger partial charge in [-0.2, -0.15) is 0 Å². The summed E-state index contributed by atoms with van der Waals surface area (Å²) in [6.07, 6.45) is 1.81. The summed E-state index contributed by atoms with van der Waals surface area (Å²) in [5, 5.41) is 2.23. The summed E-state index contributed by atoms with van der Waals surface area (Å²) in [6, 6.07) is 1.10. The summed E-state index contributed by atoms with van der Waals surface area (Å²) in [6.45, 7) is 0.315. The number of anilines is 1. The minimum atomic E-state index is -0.466. The van der Waals surface area contributed by atoms with Crippen molar-refractivity contribution in [2.45, 2.75) is 6.42 Å². The summed E-state index contributed by atoms with van der Waals surface area (Å²) < 4.78 is 1.76. The number of nitrogens with one attached hydrogen (secondary N) is 1. The van der Waals surface area contributed by atoms with Gasteiger partial charge < -0.3 is 4.57 Å². The number of rotatable bonds is 1. The maximum Gasteiger partial charge on any atom is 0.328 e. The first-order chi connectivity index (χ1) is 7.99. The van der Waals surface area contributed by atoms with Gasteiger partial charge in [0.2, 0.25) is 5.91 Å². The lowest BCUT2D eigenvalue weighted by Gasteiger charge is -2.26. The zero-order chi connectivity index (χ0) is 12.6. The second-order valence-corrected chi connectivity index (χ2v) is 4.57. The van der Waals surface area contributed by atoms with Gasteiger partial charge in [0, 0.05) is 26.2 Å². The number of carbonyl (C=O) groups excluding carboxylic acids is 2. The van der Waals surface area contributed by atoms with E-state index >= 15 is 0 Å². The first-order valence-corrected chi connectivity index (χ1v) is 5.76. The van der Waals surface area contributed by atoms with Crippen LogP contribution in [0.1, 0.15) is 6.42 Å². The van der Waals surface area contributed by atoms with Crippen LogP contribution in [0.4, 0.5) is 10.5 Å². The molecule has 0 unspecified atom stereocenters. The predicted octanol–water partition coefficient (Wildman–Crippen LogP) is 0.594. The van der Waals surface area contributed by atoms with E-state index < -0.39 is 6.03 Å².